The molecule has 0 amide bonds. The van der Waals surface area contributed by atoms with Gasteiger partial charge in [-0.1, -0.05) is 42.5 Å². The summed E-state index contributed by atoms with van der Waals surface area (Å²) in [5, 5.41) is 12.6. The number of benzene rings is 2. The van der Waals surface area contributed by atoms with Crippen LogP contribution in [-0.4, -0.2) is 29.9 Å². The van der Waals surface area contributed by atoms with E-state index >= 15 is 0 Å². The number of carbonyl (C=O) groups excluding carboxylic acids is 2. The summed E-state index contributed by atoms with van der Waals surface area (Å²) >= 11 is 0. The first-order valence-electron chi connectivity index (χ1n) is 8.39. The molecular weight excluding hydrogens is 318 g/mol. The van der Waals surface area contributed by atoms with Gasteiger partial charge in [-0.25, -0.2) is 4.79 Å². The normalized spacial score (nSPS) is 16.2. The van der Waals surface area contributed by atoms with Crippen molar-refractivity contribution in [2.75, 3.05) is 13.1 Å². The number of carbonyl (C=O) groups is 2. The van der Waals surface area contributed by atoms with Gasteiger partial charge in [0.25, 0.3) is 0 Å². The lowest BCUT2D eigenvalue weighted by molar-refractivity contribution is -0.169. The van der Waals surface area contributed by atoms with Gasteiger partial charge in [0, 0.05) is 19.3 Å². The lowest BCUT2D eigenvalue weighted by Gasteiger charge is -2.37. The van der Waals surface area contributed by atoms with Gasteiger partial charge in [-0.05, 0) is 36.3 Å². The molecule has 3 rings (SSSR count). The van der Waals surface area contributed by atoms with E-state index in [2.05, 4.69) is 5.32 Å². The van der Waals surface area contributed by atoms with E-state index in [-0.39, 0.29) is 12.2 Å². The number of esters is 1. The van der Waals surface area contributed by atoms with Gasteiger partial charge < -0.3 is 15.2 Å². The summed E-state index contributed by atoms with van der Waals surface area (Å²) in [6, 6.07) is 15.8. The van der Waals surface area contributed by atoms with Crippen LogP contribution < -0.4 is 5.32 Å². The quantitative estimate of drug-likeness (QED) is 0.646. The number of nitrogens with one attached hydrogen (secondary N) is 1. The smallest absolute Gasteiger partial charge is 0.375 e. The van der Waals surface area contributed by atoms with Crippen molar-refractivity contribution in [1.82, 2.24) is 5.32 Å². The number of phenols is 1. The fraction of sp³-hybridized carbons (Fsp3) is 0.300. The molecular formula is C20H21NO4. The van der Waals surface area contributed by atoms with Gasteiger partial charge in [-0.15, -0.1) is 0 Å². The van der Waals surface area contributed by atoms with Crippen molar-refractivity contribution in [3.8, 4) is 5.75 Å². The maximum absolute atomic E-state index is 12.4. The van der Waals surface area contributed by atoms with Crippen LogP contribution in [-0.2, 0) is 26.3 Å². The Bertz CT molecular complexity index is 734. The molecule has 0 saturated carbocycles. The highest BCUT2D eigenvalue weighted by molar-refractivity contribution is 6.34. The largest absolute Gasteiger partial charge is 0.508 e. The molecule has 2 aromatic rings. The van der Waals surface area contributed by atoms with Gasteiger partial charge >= 0.3 is 5.97 Å². The van der Waals surface area contributed by atoms with E-state index in [1.54, 1.807) is 12.1 Å². The number of rotatable bonds is 5. The zero-order valence-corrected chi connectivity index (χ0v) is 13.9. The maximum atomic E-state index is 12.4. The summed E-state index contributed by atoms with van der Waals surface area (Å²) in [5.41, 5.74) is 0.829. The number of Topliss-reactive ketones (excluding diaryl/α,β-unsaturated/α-hetero) is 1. The molecule has 2 N–H and O–H groups in total. The Balaban J connectivity index is 1.74. The van der Waals surface area contributed by atoms with E-state index in [4.69, 9.17) is 4.74 Å². The SMILES string of the molecule is O=C(Cc1ccc(O)cc1)C(=O)OC1(c2ccccc2)CCNCC1. The minimum absolute atomic E-state index is 0.0395. The van der Waals surface area contributed by atoms with Crippen molar-refractivity contribution in [2.45, 2.75) is 24.9 Å². The molecule has 5 nitrogen and oxygen atoms in total. The van der Waals surface area contributed by atoms with E-state index in [9.17, 15) is 14.7 Å². The Labute approximate surface area is 146 Å². The van der Waals surface area contributed by atoms with Crippen molar-refractivity contribution in [3.63, 3.8) is 0 Å². The minimum Gasteiger partial charge on any atom is -0.508 e. The minimum atomic E-state index is -0.807. The summed E-state index contributed by atoms with van der Waals surface area (Å²) < 4.78 is 5.74. The number of aromatic hydroxyl groups is 1. The molecule has 130 valence electrons. The molecule has 0 unspecified atom stereocenters. The zero-order valence-electron chi connectivity index (χ0n) is 13.9. The van der Waals surface area contributed by atoms with Crippen molar-refractivity contribution in [2.24, 2.45) is 0 Å². The summed E-state index contributed by atoms with van der Waals surface area (Å²) in [6.07, 6.45) is 1.23. The fourth-order valence-electron chi connectivity index (χ4n) is 3.13. The van der Waals surface area contributed by atoms with E-state index < -0.39 is 17.4 Å². The van der Waals surface area contributed by atoms with Gasteiger partial charge in [-0.2, -0.15) is 0 Å². The van der Waals surface area contributed by atoms with Crippen LogP contribution >= 0.6 is 0 Å². The van der Waals surface area contributed by atoms with Crippen molar-refractivity contribution >= 4 is 11.8 Å². The van der Waals surface area contributed by atoms with E-state index in [0.717, 1.165) is 18.7 Å². The summed E-state index contributed by atoms with van der Waals surface area (Å²) in [4.78, 5) is 24.7. The molecule has 5 heteroatoms. The molecule has 1 saturated heterocycles. The molecule has 0 aromatic heterocycles. The molecule has 25 heavy (non-hydrogen) atoms. The van der Waals surface area contributed by atoms with Gasteiger partial charge in [-0.3, -0.25) is 4.79 Å². The first kappa shape index (κ1) is 17.2. The molecule has 0 aliphatic carbocycles. The first-order chi connectivity index (χ1) is 12.1. The lowest BCUT2D eigenvalue weighted by Crippen LogP contribution is -2.44. The summed E-state index contributed by atoms with van der Waals surface area (Å²) in [6.45, 7) is 1.46. The molecule has 1 heterocycles. The fourth-order valence-corrected chi connectivity index (χ4v) is 3.13. The monoisotopic (exact) mass is 339 g/mol. The van der Waals surface area contributed by atoms with E-state index in [1.807, 2.05) is 30.3 Å². The topological polar surface area (TPSA) is 75.6 Å². The van der Waals surface area contributed by atoms with Crippen LogP contribution in [0.4, 0.5) is 0 Å². The molecule has 0 bridgehead atoms. The van der Waals surface area contributed by atoms with Crippen molar-refractivity contribution < 1.29 is 19.4 Å². The third-order valence-electron chi connectivity index (χ3n) is 4.53. The standard InChI is InChI=1S/C20H21NO4/c22-17-8-6-15(7-9-17)14-18(23)19(24)25-20(10-12-21-13-11-20)16-4-2-1-3-5-16/h1-9,21-22H,10-14H2. The predicted octanol–water partition coefficient (Wildman–Crippen LogP) is 2.33. The van der Waals surface area contributed by atoms with Gasteiger partial charge in [0.2, 0.25) is 5.78 Å². The lowest BCUT2D eigenvalue weighted by atomic mass is 9.84. The average molecular weight is 339 g/mol. The Morgan fingerprint density at radius 2 is 1.64 bits per heavy atom. The Morgan fingerprint density at radius 1 is 1.00 bits per heavy atom. The molecule has 2 aromatic carbocycles. The van der Waals surface area contributed by atoms with Crippen LogP contribution in [0, 0.1) is 0 Å². The highest BCUT2D eigenvalue weighted by Gasteiger charge is 2.39. The Kier molecular flexibility index (Phi) is 5.14. The van der Waals surface area contributed by atoms with Crippen LogP contribution in [0.2, 0.25) is 0 Å². The molecule has 1 fully saturated rings. The van der Waals surface area contributed by atoms with E-state index in [0.29, 0.717) is 18.4 Å². The van der Waals surface area contributed by atoms with Crippen molar-refractivity contribution in [1.29, 1.82) is 0 Å². The number of hydrogen-bond donors (Lipinski definition) is 2. The van der Waals surface area contributed by atoms with Gasteiger partial charge in [0.1, 0.15) is 11.4 Å². The van der Waals surface area contributed by atoms with Crippen LogP contribution in [0.5, 0.6) is 5.75 Å². The van der Waals surface area contributed by atoms with Crippen molar-refractivity contribution in [3.05, 3.63) is 65.7 Å². The van der Waals surface area contributed by atoms with Crippen LogP contribution in [0.25, 0.3) is 0 Å². The molecule has 1 aliphatic heterocycles. The second kappa shape index (κ2) is 7.49. The summed E-state index contributed by atoms with van der Waals surface area (Å²) in [5.74, 6) is -1.27. The molecule has 0 radical (unpaired) electrons. The molecule has 0 atom stereocenters. The summed E-state index contributed by atoms with van der Waals surface area (Å²) in [7, 11) is 0. The molecule has 0 spiro atoms. The second-order valence-electron chi connectivity index (χ2n) is 6.27. The highest BCUT2D eigenvalue weighted by Crippen LogP contribution is 2.35. The number of hydrogen-bond acceptors (Lipinski definition) is 5. The highest BCUT2D eigenvalue weighted by atomic mass is 16.6. The number of ether oxygens (including phenoxy) is 1. The Hall–Kier alpha value is -2.66. The molecule has 1 aliphatic rings. The van der Waals surface area contributed by atoms with E-state index in [1.165, 1.54) is 12.1 Å². The number of piperidine rings is 1. The van der Waals surface area contributed by atoms with Gasteiger partial charge in [0.15, 0.2) is 0 Å². The first-order valence-corrected chi connectivity index (χ1v) is 8.39. The zero-order chi connectivity index (χ0) is 17.7. The van der Waals surface area contributed by atoms with Crippen LogP contribution in [0.1, 0.15) is 24.0 Å². The third kappa shape index (κ3) is 4.06. The van der Waals surface area contributed by atoms with Gasteiger partial charge in [0.05, 0.1) is 0 Å². The predicted molar refractivity (Wildman–Crippen MR) is 93.1 cm³/mol. The number of ketones is 1. The Morgan fingerprint density at radius 3 is 2.28 bits per heavy atom. The maximum Gasteiger partial charge on any atom is 0.375 e. The second-order valence-corrected chi connectivity index (χ2v) is 6.27. The average Bonchev–Trinajstić information content (AvgIpc) is 2.65. The van der Waals surface area contributed by atoms with Crippen LogP contribution in [0.15, 0.2) is 54.6 Å². The van der Waals surface area contributed by atoms with Crippen LogP contribution in [0.3, 0.4) is 0 Å². The number of phenolic OH excluding ortho intramolecular Hbond substituents is 1. The third-order valence-corrected chi connectivity index (χ3v) is 4.53.